The van der Waals surface area contributed by atoms with E-state index < -0.39 is 5.97 Å². The molecule has 1 saturated heterocycles. The molecule has 158 valence electrons. The number of carbonyl (C=O) groups is 2. The molecule has 2 aromatic rings. The van der Waals surface area contributed by atoms with E-state index in [1.54, 1.807) is 14.0 Å². The van der Waals surface area contributed by atoms with E-state index in [1.165, 1.54) is 11.3 Å². The maximum absolute atomic E-state index is 12.7. The molecule has 3 rings (SSSR count). The number of ether oxygens (including phenoxy) is 3. The Labute approximate surface area is 174 Å². The zero-order chi connectivity index (χ0) is 20.8. The SMILES string of the molecule is CCOC(=O)c1nc(-c2cc(C(=O)NCCOC)c(C)n2CC2CCCO2)cs1. The van der Waals surface area contributed by atoms with Gasteiger partial charge in [-0.2, -0.15) is 0 Å². The fraction of sp³-hybridized carbons (Fsp3) is 0.550. The highest BCUT2D eigenvalue weighted by Gasteiger charge is 2.24. The first-order chi connectivity index (χ1) is 14.0. The zero-order valence-corrected chi connectivity index (χ0v) is 17.8. The van der Waals surface area contributed by atoms with Crippen molar-refractivity contribution in [3.8, 4) is 11.4 Å². The highest BCUT2D eigenvalue weighted by Crippen LogP contribution is 2.29. The Hall–Kier alpha value is -2.23. The van der Waals surface area contributed by atoms with Gasteiger partial charge in [-0.1, -0.05) is 0 Å². The smallest absolute Gasteiger partial charge is 0.367 e. The molecular formula is C20H27N3O5S. The van der Waals surface area contributed by atoms with Gasteiger partial charge in [-0.25, -0.2) is 9.78 Å². The zero-order valence-electron chi connectivity index (χ0n) is 17.0. The number of aromatic nitrogens is 2. The number of hydrogen-bond acceptors (Lipinski definition) is 7. The van der Waals surface area contributed by atoms with Gasteiger partial charge in [0, 0.05) is 37.9 Å². The predicted molar refractivity (Wildman–Crippen MR) is 109 cm³/mol. The van der Waals surface area contributed by atoms with Crippen LogP contribution < -0.4 is 5.32 Å². The lowest BCUT2D eigenvalue weighted by molar-refractivity contribution is 0.0526. The standard InChI is InChI=1S/C20H27N3O5S/c1-4-27-20(25)19-22-16(12-29-19)17-10-15(18(24)21-7-9-26-3)13(2)23(17)11-14-6-5-8-28-14/h10,12,14H,4-9,11H2,1-3H3,(H,21,24). The van der Waals surface area contributed by atoms with Gasteiger partial charge in [0.1, 0.15) is 0 Å². The van der Waals surface area contributed by atoms with E-state index in [0.29, 0.717) is 42.6 Å². The average molecular weight is 422 g/mol. The number of thiazole rings is 1. The lowest BCUT2D eigenvalue weighted by Gasteiger charge is -2.15. The summed E-state index contributed by atoms with van der Waals surface area (Å²) in [5.74, 6) is -0.594. The molecule has 0 spiro atoms. The van der Waals surface area contributed by atoms with Crippen LogP contribution in [-0.2, 0) is 20.8 Å². The number of nitrogens with zero attached hydrogens (tertiary/aromatic N) is 2. The van der Waals surface area contributed by atoms with Gasteiger partial charge >= 0.3 is 5.97 Å². The van der Waals surface area contributed by atoms with E-state index >= 15 is 0 Å². The van der Waals surface area contributed by atoms with Crippen LogP contribution in [0.1, 0.15) is 45.6 Å². The van der Waals surface area contributed by atoms with Crippen molar-refractivity contribution in [2.45, 2.75) is 39.3 Å². The molecule has 9 heteroatoms. The second-order valence-corrected chi connectivity index (χ2v) is 7.64. The summed E-state index contributed by atoms with van der Waals surface area (Å²) < 4.78 is 17.9. The number of methoxy groups -OCH3 is 1. The van der Waals surface area contributed by atoms with E-state index in [0.717, 1.165) is 30.8 Å². The Bertz CT molecular complexity index is 854. The van der Waals surface area contributed by atoms with Gasteiger partial charge in [-0.05, 0) is 32.8 Å². The molecule has 8 nitrogen and oxygen atoms in total. The van der Waals surface area contributed by atoms with Crippen LogP contribution in [0.15, 0.2) is 11.4 Å². The van der Waals surface area contributed by atoms with Gasteiger partial charge in [-0.3, -0.25) is 4.79 Å². The van der Waals surface area contributed by atoms with Crippen molar-refractivity contribution < 1.29 is 23.8 Å². The van der Waals surface area contributed by atoms with Crippen LogP contribution in [0.2, 0.25) is 0 Å². The van der Waals surface area contributed by atoms with Crippen molar-refractivity contribution in [3.63, 3.8) is 0 Å². The first-order valence-corrected chi connectivity index (χ1v) is 10.6. The molecule has 2 aromatic heterocycles. The minimum absolute atomic E-state index is 0.104. The summed E-state index contributed by atoms with van der Waals surface area (Å²) in [6, 6.07) is 1.83. The molecule has 1 N–H and O–H groups in total. The quantitative estimate of drug-likeness (QED) is 0.494. The monoisotopic (exact) mass is 421 g/mol. The molecule has 0 saturated carbocycles. The van der Waals surface area contributed by atoms with Gasteiger partial charge in [0.15, 0.2) is 0 Å². The Balaban J connectivity index is 1.92. The third kappa shape index (κ3) is 5.04. The summed E-state index contributed by atoms with van der Waals surface area (Å²) >= 11 is 1.24. The highest BCUT2D eigenvalue weighted by atomic mass is 32.1. The minimum Gasteiger partial charge on any atom is -0.461 e. The van der Waals surface area contributed by atoms with Crippen molar-refractivity contribution >= 4 is 23.2 Å². The van der Waals surface area contributed by atoms with E-state index in [9.17, 15) is 9.59 Å². The minimum atomic E-state index is -0.435. The molecular weight excluding hydrogens is 394 g/mol. The maximum Gasteiger partial charge on any atom is 0.367 e. The first-order valence-electron chi connectivity index (χ1n) is 9.77. The fourth-order valence-electron chi connectivity index (χ4n) is 3.35. The predicted octanol–water partition coefficient (Wildman–Crippen LogP) is 2.65. The van der Waals surface area contributed by atoms with Crippen LogP contribution in [0.4, 0.5) is 0 Å². The summed E-state index contributed by atoms with van der Waals surface area (Å²) in [5.41, 5.74) is 2.87. The Kier molecular flexibility index (Phi) is 7.40. The molecule has 0 radical (unpaired) electrons. The molecule has 1 aliphatic rings. The summed E-state index contributed by atoms with van der Waals surface area (Å²) in [5, 5.41) is 4.99. The van der Waals surface area contributed by atoms with E-state index in [1.807, 2.05) is 18.4 Å². The van der Waals surface area contributed by atoms with Crippen molar-refractivity contribution in [2.75, 3.05) is 33.5 Å². The fourth-order valence-corrected chi connectivity index (χ4v) is 4.06. The topological polar surface area (TPSA) is 91.7 Å². The van der Waals surface area contributed by atoms with Gasteiger partial charge in [0.2, 0.25) is 5.01 Å². The number of amides is 1. The first kappa shape index (κ1) is 21.5. The molecule has 1 unspecified atom stereocenters. The number of esters is 1. The molecule has 0 aliphatic carbocycles. The molecule has 1 fully saturated rings. The third-order valence-corrected chi connectivity index (χ3v) is 5.65. The van der Waals surface area contributed by atoms with Gasteiger partial charge < -0.3 is 24.1 Å². The van der Waals surface area contributed by atoms with Crippen LogP contribution in [-0.4, -0.2) is 61.0 Å². The van der Waals surface area contributed by atoms with Crippen LogP contribution >= 0.6 is 11.3 Å². The molecule has 29 heavy (non-hydrogen) atoms. The second-order valence-electron chi connectivity index (χ2n) is 6.78. The molecule has 1 atom stereocenters. The third-order valence-electron chi connectivity index (χ3n) is 4.83. The van der Waals surface area contributed by atoms with Gasteiger partial charge in [-0.15, -0.1) is 11.3 Å². The van der Waals surface area contributed by atoms with Crippen LogP contribution in [0.5, 0.6) is 0 Å². The van der Waals surface area contributed by atoms with E-state index in [2.05, 4.69) is 14.9 Å². The van der Waals surface area contributed by atoms with Crippen LogP contribution in [0.25, 0.3) is 11.4 Å². The number of rotatable bonds is 9. The highest BCUT2D eigenvalue weighted by molar-refractivity contribution is 7.11. The Morgan fingerprint density at radius 3 is 2.97 bits per heavy atom. The number of nitrogens with one attached hydrogen (secondary N) is 1. The van der Waals surface area contributed by atoms with Crippen molar-refractivity contribution in [1.29, 1.82) is 0 Å². The molecule has 1 aliphatic heterocycles. The molecule has 0 bridgehead atoms. The largest absolute Gasteiger partial charge is 0.461 e. The van der Waals surface area contributed by atoms with Crippen molar-refractivity contribution in [3.05, 3.63) is 27.7 Å². The Morgan fingerprint density at radius 1 is 1.45 bits per heavy atom. The molecule has 1 amide bonds. The number of carbonyl (C=O) groups excluding carboxylic acids is 2. The number of hydrogen-bond donors (Lipinski definition) is 1. The normalized spacial score (nSPS) is 16.2. The second kappa shape index (κ2) is 10.00. The summed E-state index contributed by atoms with van der Waals surface area (Å²) in [7, 11) is 1.59. The van der Waals surface area contributed by atoms with Gasteiger partial charge in [0.05, 0.1) is 36.3 Å². The molecule has 3 heterocycles. The maximum atomic E-state index is 12.7. The van der Waals surface area contributed by atoms with Crippen LogP contribution in [0.3, 0.4) is 0 Å². The Morgan fingerprint density at radius 2 is 2.28 bits per heavy atom. The van der Waals surface area contributed by atoms with Crippen LogP contribution in [0, 0.1) is 6.92 Å². The summed E-state index contributed by atoms with van der Waals surface area (Å²) in [6.45, 7) is 6.26. The lowest BCUT2D eigenvalue weighted by atomic mass is 10.2. The molecule has 0 aromatic carbocycles. The van der Waals surface area contributed by atoms with E-state index in [4.69, 9.17) is 14.2 Å². The van der Waals surface area contributed by atoms with Crippen molar-refractivity contribution in [1.82, 2.24) is 14.9 Å². The average Bonchev–Trinajstić information content (AvgIpc) is 3.44. The lowest BCUT2D eigenvalue weighted by Crippen LogP contribution is -2.27. The van der Waals surface area contributed by atoms with Gasteiger partial charge in [0.25, 0.3) is 5.91 Å². The van der Waals surface area contributed by atoms with Crippen molar-refractivity contribution in [2.24, 2.45) is 0 Å². The van der Waals surface area contributed by atoms with E-state index in [-0.39, 0.29) is 12.0 Å². The summed E-state index contributed by atoms with van der Waals surface area (Å²) in [6.07, 6.45) is 2.12. The summed E-state index contributed by atoms with van der Waals surface area (Å²) in [4.78, 5) is 29.1.